The van der Waals surface area contributed by atoms with E-state index in [-0.39, 0.29) is 5.91 Å². The van der Waals surface area contributed by atoms with Crippen LogP contribution in [0, 0.1) is 0 Å². The van der Waals surface area contributed by atoms with Gasteiger partial charge in [-0.2, -0.15) is 0 Å². The number of hydrogen-bond donors (Lipinski definition) is 2. The third-order valence-electron chi connectivity index (χ3n) is 3.07. The van der Waals surface area contributed by atoms with E-state index in [4.69, 9.17) is 5.11 Å². The van der Waals surface area contributed by atoms with Gasteiger partial charge in [-0.05, 0) is 36.1 Å². The minimum absolute atomic E-state index is 0.0116. The van der Waals surface area contributed by atoms with E-state index >= 15 is 0 Å². The number of anilines is 1. The first-order chi connectivity index (χ1) is 8.61. The number of aliphatic carboxylic acids is 1. The van der Waals surface area contributed by atoms with Crippen molar-refractivity contribution >= 4 is 23.6 Å². The van der Waals surface area contributed by atoms with Crippen LogP contribution in [-0.2, 0) is 16.0 Å². The van der Waals surface area contributed by atoms with Crippen molar-refractivity contribution in [2.24, 2.45) is 0 Å². The number of fused-ring (bicyclic) bond motifs is 1. The summed E-state index contributed by atoms with van der Waals surface area (Å²) in [5.41, 5.74) is 3.07. The topological polar surface area (TPSA) is 66.4 Å². The monoisotopic (exact) mass is 245 g/mol. The largest absolute Gasteiger partial charge is 0.478 e. The van der Waals surface area contributed by atoms with Crippen molar-refractivity contribution in [1.29, 1.82) is 0 Å². The zero-order valence-electron chi connectivity index (χ0n) is 10.2. The standard InChI is InChI=1S/C14H15NO3/c1-2-9(14(17)18)8-10-4-3-5-12-11(10)6-7-13(16)15-12/h3-5,8H,2,6-7H2,1H3,(H,15,16)(H,17,18)/b9-8+. The first kappa shape index (κ1) is 12.4. The van der Waals surface area contributed by atoms with Gasteiger partial charge in [0, 0.05) is 17.7 Å². The average Bonchev–Trinajstić information content (AvgIpc) is 2.35. The van der Waals surface area contributed by atoms with E-state index < -0.39 is 5.97 Å². The Bertz CT molecular complexity index is 532. The third-order valence-corrected chi connectivity index (χ3v) is 3.07. The summed E-state index contributed by atoms with van der Waals surface area (Å²) in [6.45, 7) is 1.82. The van der Waals surface area contributed by atoms with Crippen molar-refractivity contribution in [1.82, 2.24) is 0 Å². The summed E-state index contributed by atoms with van der Waals surface area (Å²) in [5, 5.41) is 11.8. The zero-order chi connectivity index (χ0) is 13.1. The van der Waals surface area contributed by atoms with E-state index in [0.29, 0.717) is 24.8 Å². The van der Waals surface area contributed by atoms with Crippen molar-refractivity contribution in [2.45, 2.75) is 26.2 Å². The Balaban J connectivity index is 2.44. The van der Waals surface area contributed by atoms with Gasteiger partial charge in [0.15, 0.2) is 0 Å². The number of hydrogen-bond acceptors (Lipinski definition) is 2. The highest BCUT2D eigenvalue weighted by molar-refractivity contribution is 5.96. The first-order valence-electron chi connectivity index (χ1n) is 5.97. The minimum atomic E-state index is -0.894. The Kier molecular flexibility index (Phi) is 3.46. The molecule has 4 nitrogen and oxygen atoms in total. The number of carboxylic acids is 1. The lowest BCUT2D eigenvalue weighted by Crippen LogP contribution is -2.19. The molecule has 0 spiro atoms. The van der Waals surface area contributed by atoms with Gasteiger partial charge in [-0.1, -0.05) is 19.1 Å². The fraction of sp³-hybridized carbons (Fsp3) is 0.286. The lowest BCUT2D eigenvalue weighted by atomic mass is 9.95. The number of amides is 1. The minimum Gasteiger partial charge on any atom is -0.478 e. The van der Waals surface area contributed by atoms with Crippen molar-refractivity contribution in [2.75, 3.05) is 5.32 Å². The van der Waals surface area contributed by atoms with Crippen LogP contribution in [0.1, 0.15) is 30.9 Å². The van der Waals surface area contributed by atoms with Crippen LogP contribution in [0.2, 0.25) is 0 Å². The van der Waals surface area contributed by atoms with Gasteiger partial charge in [0.05, 0.1) is 0 Å². The summed E-state index contributed by atoms with van der Waals surface area (Å²) >= 11 is 0. The molecule has 0 bridgehead atoms. The smallest absolute Gasteiger partial charge is 0.331 e. The second kappa shape index (κ2) is 5.04. The average molecular weight is 245 g/mol. The van der Waals surface area contributed by atoms with Crippen LogP contribution in [0.4, 0.5) is 5.69 Å². The molecular formula is C14H15NO3. The van der Waals surface area contributed by atoms with Crippen LogP contribution in [0.15, 0.2) is 23.8 Å². The van der Waals surface area contributed by atoms with E-state index in [9.17, 15) is 9.59 Å². The SMILES string of the molecule is CC/C(=C\c1cccc2c1CCC(=O)N2)C(=O)O. The molecule has 0 unspecified atom stereocenters. The van der Waals surface area contributed by atoms with E-state index in [1.165, 1.54) is 0 Å². The van der Waals surface area contributed by atoms with Gasteiger partial charge in [0.2, 0.25) is 5.91 Å². The molecule has 2 rings (SSSR count). The molecule has 0 aromatic heterocycles. The van der Waals surface area contributed by atoms with E-state index in [1.54, 1.807) is 6.08 Å². The molecule has 0 radical (unpaired) electrons. The second-order valence-corrected chi connectivity index (χ2v) is 4.25. The Morgan fingerprint density at radius 2 is 2.22 bits per heavy atom. The summed E-state index contributed by atoms with van der Waals surface area (Å²) in [7, 11) is 0. The Morgan fingerprint density at radius 3 is 2.89 bits per heavy atom. The van der Waals surface area contributed by atoms with Gasteiger partial charge < -0.3 is 10.4 Å². The highest BCUT2D eigenvalue weighted by Gasteiger charge is 2.17. The summed E-state index contributed by atoms with van der Waals surface area (Å²) in [6.07, 6.45) is 3.28. The van der Waals surface area contributed by atoms with Gasteiger partial charge in [-0.3, -0.25) is 4.79 Å². The normalized spacial score (nSPS) is 14.9. The van der Waals surface area contributed by atoms with Crippen molar-refractivity contribution in [3.05, 3.63) is 34.9 Å². The maximum absolute atomic E-state index is 11.3. The molecule has 1 aliphatic rings. The van der Waals surface area contributed by atoms with Gasteiger partial charge in [0.1, 0.15) is 0 Å². The van der Waals surface area contributed by atoms with E-state index in [2.05, 4.69) is 5.32 Å². The van der Waals surface area contributed by atoms with E-state index in [1.807, 2.05) is 25.1 Å². The van der Waals surface area contributed by atoms with Crippen LogP contribution >= 0.6 is 0 Å². The van der Waals surface area contributed by atoms with Crippen molar-refractivity contribution in [3.63, 3.8) is 0 Å². The first-order valence-corrected chi connectivity index (χ1v) is 5.97. The van der Waals surface area contributed by atoms with Crippen LogP contribution in [0.3, 0.4) is 0 Å². The van der Waals surface area contributed by atoms with Crippen LogP contribution in [0.25, 0.3) is 6.08 Å². The molecule has 94 valence electrons. The molecule has 0 saturated heterocycles. The molecule has 4 heteroatoms. The molecule has 1 heterocycles. The van der Waals surface area contributed by atoms with Crippen molar-refractivity contribution in [3.8, 4) is 0 Å². The molecule has 0 atom stereocenters. The predicted octanol–water partition coefficient (Wildman–Crippen LogP) is 2.45. The number of carboxylic acid groups (broad SMARTS) is 1. The zero-order valence-corrected chi connectivity index (χ0v) is 10.2. The maximum Gasteiger partial charge on any atom is 0.331 e. The highest BCUT2D eigenvalue weighted by Crippen LogP contribution is 2.27. The van der Waals surface area contributed by atoms with Gasteiger partial charge in [0.25, 0.3) is 0 Å². The molecule has 18 heavy (non-hydrogen) atoms. The van der Waals surface area contributed by atoms with Gasteiger partial charge in [-0.25, -0.2) is 4.79 Å². The Morgan fingerprint density at radius 1 is 1.44 bits per heavy atom. The van der Waals surface area contributed by atoms with E-state index in [0.717, 1.165) is 16.8 Å². The predicted molar refractivity (Wildman–Crippen MR) is 69.3 cm³/mol. The quantitative estimate of drug-likeness (QED) is 0.804. The number of carbonyl (C=O) groups is 2. The van der Waals surface area contributed by atoms with Crippen LogP contribution < -0.4 is 5.32 Å². The second-order valence-electron chi connectivity index (χ2n) is 4.25. The molecule has 1 aliphatic heterocycles. The fourth-order valence-electron chi connectivity index (χ4n) is 2.09. The molecule has 0 fully saturated rings. The summed E-state index contributed by atoms with van der Waals surface area (Å²) < 4.78 is 0. The third kappa shape index (κ3) is 2.42. The summed E-state index contributed by atoms with van der Waals surface area (Å²) in [6, 6.07) is 5.55. The highest BCUT2D eigenvalue weighted by atomic mass is 16.4. The molecule has 0 saturated carbocycles. The number of nitrogens with one attached hydrogen (secondary N) is 1. The summed E-state index contributed by atoms with van der Waals surface area (Å²) in [5.74, 6) is -0.882. The maximum atomic E-state index is 11.3. The van der Waals surface area contributed by atoms with Gasteiger partial charge >= 0.3 is 5.97 Å². The van der Waals surface area contributed by atoms with Crippen LogP contribution in [0.5, 0.6) is 0 Å². The summed E-state index contributed by atoms with van der Waals surface area (Å²) in [4.78, 5) is 22.3. The van der Waals surface area contributed by atoms with Gasteiger partial charge in [-0.15, -0.1) is 0 Å². The fourth-order valence-corrected chi connectivity index (χ4v) is 2.09. The lowest BCUT2D eigenvalue weighted by molar-refractivity contribution is -0.132. The number of rotatable bonds is 3. The molecule has 1 amide bonds. The molecule has 0 aliphatic carbocycles. The molecular weight excluding hydrogens is 230 g/mol. The van der Waals surface area contributed by atoms with Crippen molar-refractivity contribution < 1.29 is 14.7 Å². The number of benzene rings is 1. The molecule has 2 N–H and O–H groups in total. The Labute approximate surface area is 105 Å². The molecule has 1 aromatic rings. The lowest BCUT2D eigenvalue weighted by Gasteiger charge is -2.18. The molecule has 1 aromatic carbocycles. The Hall–Kier alpha value is -2.10. The van der Waals surface area contributed by atoms with Crippen LogP contribution in [-0.4, -0.2) is 17.0 Å². The number of carbonyl (C=O) groups excluding carboxylic acids is 1.